The maximum atomic E-state index is 13.3. The van der Waals surface area contributed by atoms with Crippen LogP contribution in [0.4, 0.5) is 0 Å². The number of rotatable bonds is 5. The summed E-state index contributed by atoms with van der Waals surface area (Å²) in [5.41, 5.74) is 2.79. The van der Waals surface area contributed by atoms with Crippen LogP contribution < -0.4 is 5.48 Å². The maximum absolute atomic E-state index is 13.3. The van der Waals surface area contributed by atoms with Gasteiger partial charge in [-0.15, -0.1) is 24.8 Å². The highest BCUT2D eigenvalue weighted by atomic mass is 35.5. The summed E-state index contributed by atoms with van der Waals surface area (Å²) in [6, 6.07) is 9.89. The van der Waals surface area contributed by atoms with Crippen LogP contribution in [0.15, 0.2) is 66.1 Å². The molecule has 2 N–H and O–H groups in total. The Bertz CT molecular complexity index is 1130. The average molecular weight is 501 g/mol. The van der Waals surface area contributed by atoms with Gasteiger partial charge < -0.3 is 9.30 Å². The molecule has 1 fully saturated rings. The molecule has 3 heterocycles. The van der Waals surface area contributed by atoms with Crippen LogP contribution in [-0.2, 0) is 19.4 Å². The standard InChI is InChI=1S/C20H20N4O5S.2ClH/c25-19(23-26)20(7-11-29-12-8-20)30(27,28)16-5-3-15(4-6-16)17-13-22-18(14-21-17)24-9-1-2-10-24;;/h1-6,9-10,13-14,26H,7-8,11-12H2,(H,23,25);2*1H. The number of nitrogens with one attached hydrogen (secondary N) is 1. The molecule has 172 valence electrons. The number of halogens is 2. The van der Waals surface area contributed by atoms with Gasteiger partial charge in [0.15, 0.2) is 20.4 Å². The van der Waals surface area contributed by atoms with Crippen LogP contribution in [0.3, 0.4) is 0 Å². The summed E-state index contributed by atoms with van der Waals surface area (Å²) < 4.78 is 31.8. The third-order valence-electron chi connectivity index (χ3n) is 5.30. The Hall–Kier alpha value is -2.50. The largest absolute Gasteiger partial charge is 0.381 e. The van der Waals surface area contributed by atoms with Gasteiger partial charge in [-0.05, 0) is 37.1 Å². The zero-order chi connectivity index (χ0) is 21.2. The predicted octanol–water partition coefficient (Wildman–Crippen LogP) is 2.61. The van der Waals surface area contributed by atoms with E-state index < -0.39 is 20.5 Å². The van der Waals surface area contributed by atoms with E-state index in [1.807, 2.05) is 29.1 Å². The lowest BCUT2D eigenvalue weighted by atomic mass is 9.98. The zero-order valence-electron chi connectivity index (χ0n) is 16.7. The van der Waals surface area contributed by atoms with Gasteiger partial charge in [0.1, 0.15) is 0 Å². The smallest absolute Gasteiger partial charge is 0.265 e. The molecule has 1 amide bonds. The molecule has 1 aliphatic heterocycles. The van der Waals surface area contributed by atoms with Crippen molar-refractivity contribution in [3.63, 3.8) is 0 Å². The Labute approximate surface area is 197 Å². The first kappa shape index (κ1) is 25.8. The minimum absolute atomic E-state index is 0. The highest BCUT2D eigenvalue weighted by Crippen LogP contribution is 2.35. The number of amides is 1. The second kappa shape index (κ2) is 10.4. The van der Waals surface area contributed by atoms with E-state index in [1.165, 1.54) is 17.6 Å². The summed E-state index contributed by atoms with van der Waals surface area (Å²) in [7, 11) is -4.06. The fraction of sp³-hybridized carbons (Fsp3) is 0.250. The first-order valence-corrected chi connectivity index (χ1v) is 10.8. The molecule has 4 rings (SSSR count). The molecule has 0 spiro atoms. The van der Waals surface area contributed by atoms with Gasteiger partial charge in [-0.1, -0.05) is 12.1 Å². The fourth-order valence-electron chi connectivity index (χ4n) is 3.54. The lowest BCUT2D eigenvalue weighted by Gasteiger charge is -2.34. The van der Waals surface area contributed by atoms with Gasteiger partial charge in [-0.2, -0.15) is 0 Å². The molecule has 0 atom stereocenters. The van der Waals surface area contributed by atoms with Gasteiger partial charge in [0.2, 0.25) is 0 Å². The molecular formula is C20H22Cl2N4O5S. The molecule has 3 aromatic rings. The number of sulfone groups is 1. The van der Waals surface area contributed by atoms with Gasteiger partial charge in [0.25, 0.3) is 5.91 Å². The fourth-order valence-corrected chi connectivity index (χ4v) is 5.48. The van der Waals surface area contributed by atoms with E-state index in [0.29, 0.717) is 17.1 Å². The molecule has 1 aliphatic rings. The van der Waals surface area contributed by atoms with Crippen LogP contribution in [-0.4, -0.2) is 52.0 Å². The van der Waals surface area contributed by atoms with E-state index in [0.717, 1.165) is 0 Å². The van der Waals surface area contributed by atoms with E-state index in [1.54, 1.807) is 24.5 Å². The van der Waals surface area contributed by atoms with Crippen molar-refractivity contribution in [2.24, 2.45) is 0 Å². The second-order valence-electron chi connectivity index (χ2n) is 6.93. The molecular weight excluding hydrogens is 479 g/mol. The number of carbonyl (C=O) groups is 1. The van der Waals surface area contributed by atoms with E-state index in [2.05, 4.69) is 9.97 Å². The van der Waals surface area contributed by atoms with Crippen LogP contribution in [0.1, 0.15) is 12.8 Å². The molecule has 0 unspecified atom stereocenters. The van der Waals surface area contributed by atoms with Crippen molar-refractivity contribution < 1.29 is 23.2 Å². The molecule has 1 saturated heterocycles. The summed E-state index contributed by atoms with van der Waals surface area (Å²) >= 11 is 0. The summed E-state index contributed by atoms with van der Waals surface area (Å²) in [4.78, 5) is 21.1. The van der Waals surface area contributed by atoms with E-state index >= 15 is 0 Å². The number of carbonyl (C=O) groups excluding carboxylic acids is 1. The Morgan fingerprint density at radius 2 is 1.66 bits per heavy atom. The second-order valence-corrected chi connectivity index (χ2v) is 9.19. The Kier molecular flexibility index (Phi) is 8.38. The van der Waals surface area contributed by atoms with Crippen molar-refractivity contribution in [2.45, 2.75) is 22.5 Å². The third kappa shape index (κ3) is 4.50. The minimum atomic E-state index is -4.06. The van der Waals surface area contributed by atoms with E-state index in [9.17, 15) is 13.2 Å². The van der Waals surface area contributed by atoms with Crippen LogP contribution in [0.2, 0.25) is 0 Å². The van der Waals surface area contributed by atoms with E-state index in [4.69, 9.17) is 9.94 Å². The molecule has 32 heavy (non-hydrogen) atoms. The quantitative estimate of drug-likeness (QED) is 0.407. The van der Waals surface area contributed by atoms with E-state index in [-0.39, 0.29) is 55.8 Å². The molecule has 1 aromatic carbocycles. The molecule has 2 aromatic heterocycles. The number of hydroxylamine groups is 1. The molecule has 0 bridgehead atoms. The number of nitrogens with zero attached hydrogens (tertiary/aromatic N) is 3. The molecule has 12 heteroatoms. The van der Waals surface area contributed by atoms with Crippen molar-refractivity contribution in [3.8, 4) is 17.1 Å². The topological polar surface area (TPSA) is 123 Å². The lowest BCUT2D eigenvalue weighted by Crippen LogP contribution is -2.54. The first-order valence-electron chi connectivity index (χ1n) is 9.31. The number of hydrogen-bond donors (Lipinski definition) is 2. The molecule has 0 aliphatic carbocycles. The van der Waals surface area contributed by atoms with Crippen molar-refractivity contribution in [1.29, 1.82) is 0 Å². The molecule has 9 nitrogen and oxygen atoms in total. The SMILES string of the molecule is Cl.Cl.O=C(NO)C1(S(=O)(=O)c2ccc(-c3cnc(-n4cccc4)cn3)cc2)CCOCC1. The monoisotopic (exact) mass is 500 g/mol. The predicted molar refractivity (Wildman–Crippen MR) is 121 cm³/mol. The Morgan fingerprint density at radius 1 is 1.03 bits per heavy atom. The summed E-state index contributed by atoms with van der Waals surface area (Å²) in [5, 5.41) is 9.12. The summed E-state index contributed by atoms with van der Waals surface area (Å²) in [5.74, 6) is -0.277. The highest BCUT2D eigenvalue weighted by molar-refractivity contribution is 7.93. The Balaban J connectivity index is 0.00000181. The first-order chi connectivity index (χ1) is 14.5. The average Bonchev–Trinajstić information content (AvgIpc) is 3.34. The van der Waals surface area contributed by atoms with Crippen LogP contribution >= 0.6 is 24.8 Å². The number of hydrogen-bond acceptors (Lipinski definition) is 7. The van der Waals surface area contributed by atoms with Crippen LogP contribution in [0, 0.1) is 0 Å². The highest BCUT2D eigenvalue weighted by Gasteiger charge is 2.52. The summed E-state index contributed by atoms with van der Waals surface area (Å²) in [6.07, 6.45) is 6.89. The third-order valence-corrected chi connectivity index (χ3v) is 7.81. The zero-order valence-corrected chi connectivity index (χ0v) is 19.2. The van der Waals surface area contributed by atoms with Crippen LogP contribution in [0.25, 0.3) is 17.1 Å². The van der Waals surface area contributed by atoms with Gasteiger partial charge in [0, 0.05) is 31.2 Å². The normalized spacial score (nSPS) is 15.2. The van der Waals surface area contributed by atoms with Crippen LogP contribution in [0.5, 0.6) is 0 Å². The molecule has 0 radical (unpaired) electrons. The van der Waals surface area contributed by atoms with Gasteiger partial charge in [-0.25, -0.2) is 18.9 Å². The maximum Gasteiger partial charge on any atom is 0.265 e. The molecule has 0 saturated carbocycles. The minimum Gasteiger partial charge on any atom is -0.381 e. The van der Waals surface area contributed by atoms with Crippen molar-refractivity contribution in [1.82, 2.24) is 20.0 Å². The van der Waals surface area contributed by atoms with Crippen molar-refractivity contribution in [3.05, 3.63) is 61.2 Å². The van der Waals surface area contributed by atoms with Gasteiger partial charge >= 0.3 is 0 Å². The number of ether oxygens (including phenoxy) is 1. The van der Waals surface area contributed by atoms with Crippen molar-refractivity contribution in [2.75, 3.05) is 13.2 Å². The van der Waals surface area contributed by atoms with Crippen molar-refractivity contribution >= 4 is 40.6 Å². The number of aromatic nitrogens is 3. The lowest BCUT2D eigenvalue weighted by molar-refractivity contribution is -0.134. The summed E-state index contributed by atoms with van der Waals surface area (Å²) in [6.45, 7) is 0.238. The number of benzene rings is 1. The van der Waals surface area contributed by atoms with Gasteiger partial charge in [-0.3, -0.25) is 15.0 Å². The Morgan fingerprint density at radius 3 is 2.19 bits per heavy atom. The van der Waals surface area contributed by atoms with Gasteiger partial charge in [0.05, 0.1) is 23.0 Å².